The molecule has 2 rings (SSSR count). The second kappa shape index (κ2) is 13.5. The zero-order valence-corrected chi connectivity index (χ0v) is 15.6. The molecule has 0 aliphatic carbocycles. The molecule has 0 spiro atoms. The highest BCUT2D eigenvalue weighted by atomic mass is 19.3. The lowest BCUT2D eigenvalue weighted by molar-refractivity contribution is -0.415. The van der Waals surface area contributed by atoms with Crippen LogP contribution in [0.3, 0.4) is 0 Å². The van der Waals surface area contributed by atoms with Crippen molar-refractivity contribution in [3.63, 3.8) is 0 Å². The number of hydrogen-bond acceptors (Lipinski definition) is 7. The first kappa shape index (κ1) is 23.4. The summed E-state index contributed by atoms with van der Waals surface area (Å²) in [5, 5.41) is 5.68. The van der Waals surface area contributed by atoms with Gasteiger partial charge < -0.3 is 9.62 Å². The first-order valence-corrected chi connectivity index (χ1v) is 8.46. The van der Waals surface area contributed by atoms with E-state index in [1.165, 1.54) is 24.3 Å². The minimum atomic E-state index is -0.535. The van der Waals surface area contributed by atoms with E-state index in [0.717, 1.165) is 20.0 Å². The van der Waals surface area contributed by atoms with Gasteiger partial charge in [0.2, 0.25) is 0 Å². The summed E-state index contributed by atoms with van der Waals surface area (Å²) in [6.07, 6.45) is 9.10. The number of rotatable bonds is 3. The van der Waals surface area contributed by atoms with Gasteiger partial charge >= 0.3 is 5.97 Å². The highest BCUT2D eigenvalue weighted by molar-refractivity contribution is 5.96. The normalized spacial score (nSPS) is 19.9. The highest BCUT2D eigenvalue weighted by Crippen LogP contribution is 2.21. The van der Waals surface area contributed by atoms with Crippen molar-refractivity contribution >= 4 is 11.8 Å². The van der Waals surface area contributed by atoms with Gasteiger partial charge in [-0.1, -0.05) is 18.2 Å². The third-order valence-electron chi connectivity index (χ3n) is 3.60. The van der Waals surface area contributed by atoms with Crippen LogP contribution in [0.5, 0.6) is 5.75 Å². The van der Waals surface area contributed by atoms with Crippen LogP contribution in [0.1, 0.15) is 42.1 Å². The van der Waals surface area contributed by atoms with Crippen molar-refractivity contribution < 1.29 is 43.3 Å². The van der Waals surface area contributed by atoms with Gasteiger partial charge in [-0.15, -0.1) is 0 Å². The number of fused-ring (bicyclic) bond motifs is 1. The van der Waals surface area contributed by atoms with E-state index in [9.17, 15) is 18.6 Å². The standard InChI is InChI=1S/C18H19FO5.CH3FO2/c1-13-7-5-3-2-4-6-8-15(20)11-14-12-16(23-24-19)9-10-17(14)18(21)22-13;1-3-4-2/h3,5-6,8-10,12-13H,2,4,7,11H2,1H3;1H3/b5-3+,8-6+;. The summed E-state index contributed by atoms with van der Waals surface area (Å²) in [6, 6.07) is 4.18. The van der Waals surface area contributed by atoms with Crippen molar-refractivity contribution in [3.05, 3.63) is 53.6 Å². The number of hydrogen-bond donors (Lipinski definition) is 0. The molecular weight excluding hydrogens is 378 g/mol. The quantitative estimate of drug-likeness (QED) is 0.324. The molecule has 1 unspecified atom stereocenters. The predicted octanol–water partition coefficient (Wildman–Crippen LogP) is 4.28. The topological polar surface area (TPSA) is 80.3 Å². The number of carbonyl (C=O) groups is 2. The second-order valence-electron chi connectivity index (χ2n) is 5.74. The van der Waals surface area contributed by atoms with Crippen LogP contribution >= 0.6 is 0 Å². The van der Waals surface area contributed by atoms with Crippen LogP contribution in [0.4, 0.5) is 9.05 Å². The number of ether oxygens (including phenoxy) is 1. The molecule has 0 fully saturated rings. The Bertz CT molecular complexity index is 687. The van der Waals surface area contributed by atoms with Crippen molar-refractivity contribution in [2.75, 3.05) is 7.11 Å². The lowest BCUT2D eigenvalue weighted by Crippen LogP contribution is -2.17. The van der Waals surface area contributed by atoms with Crippen LogP contribution in [0, 0.1) is 0 Å². The molecule has 1 aliphatic heterocycles. The Hall–Kier alpha value is -2.62. The molecule has 7 nitrogen and oxygen atoms in total. The number of cyclic esters (lactones) is 1. The van der Waals surface area contributed by atoms with Gasteiger partial charge in [0.25, 0.3) is 0 Å². The summed E-state index contributed by atoms with van der Waals surface area (Å²) in [7, 11) is 1.08. The van der Waals surface area contributed by atoms with Crippen molar-refractivity contribution in [1.29, 1.82) is 0 Å². The summed E-state index contributed by atoms with van der Waals surface area (Å²) < 4.78 is 27.3. The number of esters is 1. The maximum Gasteiger partial charge on any atom is 0.338 e. The van der Waals surface area contributed by atoms with Crippen LogP contribution < -0.4 is 4.89 Å². The first-order chi connectivity index (χ1) is 13.5. The molecule has 0 radical (unpaired) electrons. The zero-order chi connectivity index (χ0) is 20.8. The molecule has 0 bridgehead atoms. The van der Waals surface area contributed by atoms with Crippen molar-refractivity contribution in [3.8, 4) is 5.75 Å². The van der Waals surface area contributed by atoms with Gasteiger partial charge in [0, 0.05) is 17.9 Å². The van der Waals surface area contributed by atoms with Gasteiger partial charge in [0.15, 0.2) is 11.5 Å². The predicted molar refractivity (Wildman–Crippen MR) is 94.2 cm³/mol. The Labute approximate surface area is 161 Å². The minimum Gasteiger partial charge on any atom is -0.459 e. The molecule has 154 valence electrons. The number of carbonyl (C=O) groups excluding carboxylic acids is 2. The minimum absolute atomic E-state index is 0.0192. The van der Waals surface area contributed by atoms with E-state index in [1.807, 2.05) is 12.2 Å². The Morgan fingerprint density at radius 2 is 1.79 bits per heavy atom. The van der Waals surface area contributed by atoms with Crippen molar-refractivity contribution in [2.24, 2.45) is 0 Å². The number of halogens is 2. The third kappa shape index (κ3) is 8.85. The van der Waals surface area contributed by atoms with Crippen molar-refractivity contribution in [2.45, 2.75) is 38.7 Å². The lowest BCUT2D eigenvalue weighted by Gasteiger charge is -2.14. The van der Waals surface area contributed by atoms with E-state index in [0.29, 0.717) is 12.0 Å². The van der Waals surface area contributed by atoms with E-state index >= 15 is 0 Å². The largest absolute Gasteiger partial charge is 0.459 e. The molecule has 0 saturated carbocycles. The van der Waals surface area contributed by atoms with E-state index < -0.39 is 5.97 Å². The summed E-state index contributed by atoms with van der Waals surface area (Å²) in [4.78, 5) is 32.1. The Morgan fingerprint density at radius 3 is 2.46 bits per heavy atom. The fourth-order valence-corrected chi connectivity index (χ4v) is 2.36. The van der Waals surface area contributed by atoms with E-state index in [-0.39, 0.29) is 29.6 Å². The maximum atomic E-state index is 12.3. The smallest absolute Gasteiger partial charge is 0.338 e. The van der Waals surface area contributed by atoms with Crippen LogP contribution in [0.25, 0.3) is 0 Å². The molecule has 1 atom stereocenters. The molecule has 9 heteroatoms. The molecule has 1 aromatic carbocycles. The molecule has 0 amide bonds. The van der Waals surface area contributed by atoms with Crippen LogP contribution in [0.2, 0.25) is 0 Å². The molecule has 0 saturated heterocycles. The highest BCUT2D eigenvalue weighted by Gasteiger charge is 2.18. The molecule has 0 aromatic heterocycles. The van der Waals surface area contributed by atoms with Gasteiger partial charge in [-0.05, 0) is 63.7 Å². The molecule has 1 heterocycles. The Balaban J connectivity index is 0.000000892. The molecule has 0 N–H and O–H groups in total. The first-order valence-electron chi connectivity index (χ1n) is 8.46. The van der Waals surface area contributed by atoms with Gasteiger partial charge in [-0.25, -0.2) is 9.68 Å². The zero-order valence-electron chi connectivity index (χ0n) is 15.6. The van der Waals surface area contributed by atoms with Gasteiger partial charge in [-0.3, -0.25) is 4.79 Å². The Kier molecular flexibility index (Phi) is 11.3. The van der Waals surface area contributed by atoms with E-state index in [4.69, 9.17) is 4.74 Å². The fourth-order valence-electron chi connectivity index (χ4n) is 2.36. The van der Waals surface area contributed by atoms with Crippen molar-refractivity contribution in [1.82, 2.24) is 0 Å². The Morgan fingerprint density at radius 1 is 1.07 bits per heavy atom. The average molecular weight is 400 g/mol. The monoisotopic (exact) mass is 400 g/mol. The van der Waals surface area contributed by atoms with Crippen LogP contribution in [-0.2, 0) is 31.0 Å². The van der Waals surface area contributed by atoms with E-state index in [1.54, 1.807) is 13.0 Å². The summed E-state index contributed by atoms with van der Waals surface area (Å²) >= 11 is 0. The SMILES string of the molecule is CC1C/C=C/CC/C=C/C(=O)Cc2cc(OOF)ccc2C(=O)O1.COOF. The van der Waals surface area contributed by atoms with E-state index in [2.05, 4.69) is 20.0 Å². The molecule has 28 heavy (non-hydrogen) atoms. The van der Waals surface area contributed by atoms with Gasteiger partial charge in [0.05, 0.1) is 12.7 Å². The number of benzene rings is 1. The summed E-state index contributed by atoms with van der Waals surface area (Å²) in [6.45, 7) is 1.80. The fraction of sp³-hybridized carbons (Fsp3) is 0.368. The van der Waals surface area contributed by atoms with Crippen LogP contribution in [-0.4, -0.2) is 25.0 Å². The summed E-state index contributed by atoms with van der Waals surface area (Å²) in [5.41, 5.74) is 0.639. The van der Waals surface area contributed by atoms with Gasteiger partial charge in [0.1, 0.15) is 6.10 Å². The average Bonchev–Trinajstić information content (AvgIpc) is 2.67. The van der Waals surface area contributed by atoms with Crippen LogP contribution in [0.15, 0.2) is 42.5 Å². The molecular formula is C19H22F2O7. The van der Waals surface area contributed by atoms with Gasteiger partial charge in [-0.2, -0.15) is 0 Å². The molecule has 1 aliphatic rings. The second-order valence-corrected chi connectivity index (χ2v) is 5.74. The lowest BCUT2D eigenvalue weighted by atomic mass is 10.0. The third-order valence-corrected chi connectivity index (χ3v) is 3.60. The maximum absolute atomic E-state index is 12.3. The number of allylic oxidation sites excluding steroid dienone is 3. The number of ketones is 1. The molecule has 1 aromatic rings. The summed E-state index contributed by atoms with van der Waals surface area (Å²) in [5.74, 6) is -0.651.